The second kappa shape index (κ2) is 5.29. The van der Waals surface area contributed by atoms with E-state index in [1.807, 2.05) is 37.3 Å². The first kappa shape index (κ1) is 11.4. The Bertz CT molecular complexity index is 346. The molecule has 2 amide bonds. The average molecular weight is 205 g/mol. The van der Waals surface area contributed by atoms with E-state index in [-0.39, 0.29) is 17.7 Å². The van der Waals surface area contributed by atoms with Gasteiger partial charge in [0, 0.05) is 13.3 Å². The Labute approximate surface area is 89.5 Å². The maximum absolute atomic E-state index is 11.3. The Morgan fingerprint density at radius 2 is 1.87 bits per heavy atom. The Morgan fingerprint density at radius 1 is 1.27 bits per heavy atom. The van der Waals surface area contributed by atoms with E-state index < -0.39 is 0 Å². The van der Waals surface area contributed by atoms with Crippen molar-refractivity contribution < 1.29 is 9.59 Å². The predicted molar refractivity (Wildman–Crippen MR) is 58.3 cm³/mol. The minimum atomic E-state index is -0.305. The van der Waals surface area contributed by atoms with Gasteiger partial charge in [0.1, 0.15) is 0 Å². The Balaban J connectivity index is 2.53. The van der Waals surface area contributed by atoms with Gasteiger partial charge in [-0.25, -0.2) is 0 Å². The molecule has 1 N–H and O–H groups in total. The van der Waals surface area contributed by atoms with Crippen LogP contribution in [0.25, 0.3) is 0 Å². The van der Waals surface area contributed by atoms with Crippen LogP contribution in [-0.4, -0.2) is 11.8 Å². The second-order valence-corrected chi connectivity index (χ2v) is 3.62. The fraction of sp³-hybridized carbons (Fsp3) is 0.333. The smallest absolute Gasteiger partial charge is 0.227 e. The largest absolute Gasteiger partial charge is 0.297 e. The van der Waals surface area contributed by atoms with E-state index in [1.54, 1.807) is 0 Å². The molecule has 0 bridgehead atoms. The lowest BCUT2D eigenvalue weighted by molar-refractivity contribution is -0.129. The molecule has 0 saturated heterocycles. The van der Waals surface area contributed by atoms with Gasteiger partial charge in [-0.1, -0.05) is 37.3 Å². The highest BCUT2D eigenvalue weighted by molar-refractivity contribution is 5.94. The van der Waals surface area contributed by atoms with Crippen molar-refractivity contribution in [3.63, 3.8) is 0 Å². The lowest BCUT2D eigenvalue weighted by Gasteiger charge is -2.10. The summed E-state index contributed by atoms with van der Waals surface area (Å²) in [5.41, 5.74) is 1.11. The number of carbonyl (C=O) groups is 2. The first-order valence-corrected chi connectivity index (χ1v) is 4.95. The molecule has 1 rings (SSSR count). The summed E-state index contributed by atoms with van der Waals surface area (Å²) < 4.78 is 0. The first-order chi connectivity index (χ1) is 7.09. The highest BCUT2D eigenvalue weighted by Gasteiger charge is 2.11. The van der Waals surface area contributed by atoms with E-state index in [2.05, 4.69) is 5.32 Å². The molecule has 0 aromatic heterocycles. The summed E-state index contributed by atoms with van der Waals surface area (Å²) in [4.78, 5) is 21.9. The zero-order chi connectivity index (χ0) is 11.3. The minimum Gasteiger partial charge on any atom is -0.297 e. The lowest BCUT2D eigenvalue weighted by atomic mass is 9.98. The van der Waals surface area contributed by atoms with Crippen molar-refractivity contribution in [2.24, 2.45) is 0 Å². The zero-order valence-electron chi connectivity index (χ0n) is 8.99. The number of rotatable bonds is 3. The fourth-order valence-electron chi connectivity index (χ4n) is 1.42. The molecule has 0 unspecified atom stereocenters. The number of nitrogens with one attached hydrogen (secondary N) is 1. The van der Waals surface area contributed by atoms with E-state index in [1.165, 1.54) is 6.92 Å². The van der Waals surface area contributed by atoms with Gasteiger partial charge in [-0.15, -0.1) is 0 Å². The zero-order valence-corrected chi connectivity index (χ0v) is 8.99. The molecule has 0 aliphatic rings. The van der Waals surface area contributed by atoms with Crippen molar-refractivity contribution in [1.29, 1.82) is 0 Å². The van der Waals surface area contributed by atoms with Crippen molar-refractivity contribution in [3.8, 4) is 0 Å². The summed E-state index contributed by atoms with van der Waals surface area (Å²) in [6, 6.07) is 9.77. The molecular formula is C12H15NO2. The first-order valence-electron chi connectivity index (χ1n) is 4.95. The van der Waals surface area contributed by atoms with Crippen LogP contribution < -0.4 is 5.32 Å². The average Bonchev–Trinajstić information content (AvgIpc) is 2.17. The number of imide groups is 1. The van der Waals surface area contributed by atoms with E-state index >= 15 is 0 Å². The van der Waals surface area contributed by atoms with E-state index in [0.717, 1.165) is 5.56 Å². The SMILES string of the molecule is CC(=O)NC(=O)C[C@@H](C)c1ccccc1. The number of carbonyl (C=O) groups excluding carboxylic acids is 2. The number of hydrogen-bond donors (Lipinski definition) is 1. The van der Waals surface area contributed by atoms with Crippen LogP contribution in [0.15, 0.2) is 30.3 Å². The van der Waals surface area contributed by atoms with Crippen LogP contribution in [0.3, 0.4) is 0 Å². The van der Waals surface area contributed by atoms with Gasteiger partial charge in [0.2, 0.25) is 11.8 Å². The van der Waals surface area contributed by atoms with Gasteiger partial charge >= 0.3 is 0 Å². The van der Waals surface area contributed by atoms with Gasteiger partial charge in [-0.05, 0) is 11.5 Å². The molecule has 1 aromatic carbocycles. The Kier molecular flexibility index (Phi) is 4.03. The van der Waals surface area contributed by atoms with Gasteiger partial charge in [-0.2, -0.15) is 0 Å². The van der Waals surface area contributed by atoms with Crippen LogP contribution in [0.1, 0.15) is 31.7 Å². The lowest BCUT2D eigenvalue weighted by Crippen LogP contribution is -2.28. The van der Waals surface area contributed by atoms with Crippen molar-refractivity contribution in [1.82, 2.24) is 5.32 Å². The second-order valence-electron chi connectivity index (χ2n) is 3.62. The highest BCUT2D eigenvalue weighted by Crippen LogP contribution is 2.17. The van der Waals surface area contributed by atoms with E-state index in [4.69, 9.17) is 0 Å². The third kappa shape index (κ3) is 3.94. The molecule has 0 fully saturated rings. The van der Waals surface area contributed by atoms with Gasteiger partial charge in [0.15, 0.2) is 0 Å². The van der Waals surface area contributed by atoms with E-state index in [9.17, 15) is 9.59 Å². The molecule has 15 heavy (non-hydrogen) atoms. The van der Waals surface area contributed by atoms with Crippen molar-refractivity contribution in [2.75, 3.05) is 0 Å². The van der Waals surface area contributed by atoms with Crippen molar-refractivity contribution in [2.45, 2.75) is 26.2 Å². The molecule has 0 heterocycles. The molecule has 0 aliphatic heterocycles. The van der Waals surface area contributed by atoms with Crippen LogP contribution in [-0.2, 0) is 9.59 Å². The topological polar surface area (TPSA) is 46.2 Å². The molecule has 0 saturated carbocycles. The number of amides is 2. The Hall–Kier alpha value is -1.64. The highest BCUT2D eigenvalue weighted by atomic mass is 16.2. The Morgan fingerprint density at radius 3 is 2.40 bits per heavy atom. The van der Waals surface area contributed by atoms with Gasteiger partial charge < -0.3 is 0 Å². The molecule has 3 nitrogen and oxygen atoms in total. The van der Waals surface area contributed by atoms with Crippen LogP contribution in [0.5, 0.6) is 0 Å². The van der Waals surface area contributed by atoms with Crippen LogP contribution in [0, 0.1) is 0 Å². The van der Waals surface area contributed by atoms with E-state index in [0.29, 0.717) is 6.42 Å². The van der Waals surface area contributed by atoms with Gasteiger partial charge in [0.25, 0.3) is 0 Å². The van der Waals surface area contributed by atoms with Gasteiger partial charge in [0.05, 0.1) is 0 Å². The van der Waals surface area contributed by atoms with Crippen LogP contribution in [0.4, 0.5) is 0 Å². The van der Waals surface area contributed by atoms with Crippen molar-refractivity contribution >= 4 is 11.8 Å². The molecule has 0 radical (unpaired) electrons. The van der Waals surface area contributed by atoms with Crippen LogP contribution >= 0.6 is 0 Å². The summed E-state index contributed by atoms with van der Waals surface area (Å²) in [5.74, 6) is -0.398. The predicted octanol–water partition coefficient (Wildman–Crippen LogP) is 1.84. The van der Waals surface area contributed by atoms with Gasteiger partial charge in [-0.3, -0.25) is 14.9 Å². The number of hydrogen-bond acceptors (Lipinski definition) is 2. The molecule has 0 aliphatic carbocycles. The summed E-state index contributed by atoms with van der Waals surface area (Å²) >= 11 is 0. The van der Waals surface area contributed by atoms with Crippen molar-refractivity contribution in [3.05, 3.63) is 35.9 Å². The maximum Gasteiger partial charge on any atom is 0.227 e. The monoisotopic (exact) mass is 205 g/mol. The molecule has 1 aromatic rings. The summed E-state index contributed by atoms with van der Waals surface area (Å²) in [7, 11) is 0. The molecule has 3 heteroatoms. The third-order valence-corrected chi connectivity index (χ3v) is 2.18. The normalized spacial score (nSPS) is 11.9. The summed E-state index contributed by atoms with van der Waals surface area (Å²) in [6.07, 6.45) is 0.337. The molecule has 1 atom stereocenters. The minimum absolute atomic E-state index is 0.130. The standard InChI is InChI=1S/C12H15NO2/c1-9(8-12(15)13-10(2)14)11-6-4-3-5-7-11/h3-7,9H,8H2,1-2H3,(H,13,14,15)/t9-/m1/s1. The summed E-state index contributed by atoms with van der Waals surface area (Å²) in [5, 5.41) is 2.27. The quantitative estimate of drug-likeness (QED) is 0.818. The molecule has 0 spiro atoms. The molecule has 80 valence electrons. The summed E-state index contributed by atoms with van der Waals surface area (Å²) in [6.45, 7) is 3.31. The maximum atomic E-state index is 11.3. The number of benzene rings is 1. The van der Waals surface area contributed by atoms with Crippen LogP contribution in [0.2, 0.25) is 0 Å². The fourth-order valence-corrected chi connectivity index (χ4v) is 1.42. The molecular weight excluding hydrogens is 190 g/mol. The third-order valence-electron chi connectivity index (χ3n) is 2.18.